The van der Waals surface area contributed by atoms with Crippen LogP contribution < -0.4 is 0 Å². The van der Waals surface area contributed by atoms with Gasteiger partial charge in [-0.3, -0.25) is 9.59 Å². The molecule has 8 heteroatoms. The Labute approximate surface area is 204 Å². The van der Waals surface area contributed by atoms with Gasteiger partial charge in [-0.05, 0) is 49.4 Å². The summed E-state index contributed by atoms with van der Waals surface area (Å²) in [6, 6.07) is 16.9. The number of aryl methyl sites for hydroxylation is 1. The van der Waals surface area contributed by atoms with Crippen molar-refractivity contribution < 1.29 is 23.5 Å². The largest absolute Gasteiger partial charge is 0.503 e. The molecule has 0 aliphatic carbocycles. The molecule has 1 aliphatic rings. The SMILES string of the molecule is Cc1[nH]c2ccccc2c1C1C(C(=O)c2cc3cc(Cl)ccc3o2)=C(O)C(=O)N1Cc1ccco1. The lowest BCUT2D eigenvalue weighted by atomic mass is 9.93. The summed E-state index contributed by atoms with van der Waals surface area (Å²) in [5, 5.41) is 13.0. The third-order valence-corrected chi connectivity index (χ3v) is 6.61. The third kappa shape index (κ3) is 3.35. The number of aromatic amines is 1. The minimum Gasteiger partial charge on any atom is -0.503 e. The number of aliphatic hydroxyl groups excluding tert-OH is 1. The van der Waals surface area contributed by atoms with Crippen molar-refractivity contribution in [1.82, 2.24) is 9.88 Å². The molecule has 5 aromatic rings. The zero-order valence-electron chi connectivity index (χ0n) is 18.5. The van der Waals surface area contributed by atoms with Crippen molar-refractivity contribution in [2.45, 2.75) is 19.5 Å². The maximum atomic E-state index is 13.8. The maximum absolute atomic E-state index is 13.8. The standard InChI is InChI=1S/C27H19ClN2O5/c1-14-22(18-6-2-3-7-19(18)29-14)24-23(26(32)27(33)30(24)13-17-5-4-10-34-17)25(31)21-12-15-11-16(28)8-9-20(15)35-21/h2-12,24,29,32H,13H2,1H3. The predicted molar refractivity (Wildman–Crippen MR) is 130 cm³/mol. The van der Waals surface area contributed by atoms with Crippen LogP contribution in [-0.4, -0.2) is 26.7 Å². The topological polar surface area (TPSA) is 99.7 Å². The Bertz CT molecular complexity index is 1660. The highest BCUT2D eigenvalue weighted by Gasteiger charge is 2.46. The molecule has 6 rings (SSSR count). The van der Waals surface area contributed by atoms with Crippen LogP contribution in [0.1, 0.15) is 33.6 Å². The molecule has 0 spiro atoms. The van der Waals surface area contributed by atoms with Crippen molar-refractivity contribution in [3.05, 3.63) is 106 Å². The second-order valence-corrected chi connectivity index (χ2v) is 8.94. The van der Waals surface area contributed by atoms with Gasteiger partial charge in [0.25, 0.3) is 5.91 Å². The fraction of sp³-hybridized carbons (Fsp3) is 0.111. The lowest BCUT2D eigenvalue weighted by molar-refractivity contribution is -0.130. The molecule has 4 heterocycles. The molecule has 0 saturated heterocycles. The number of amides is 1. The molecule has 35 heavy (non-hydrogen) atoms. The van der Waals surface area contributed by atoms with E-state index in [9.17, 15) is 14.7 Å². The first-order valence-electron chi connectivity index (χ1n) is 11.0. The number of aliphatic hydroxyl groups is 1. The van der Waals surface area contributed by atoms with Gasteiger partial charge in [-0.25, -0.2) is 0 Å². The summed E-state index contributed by atoms with van der Waals surface area (Å²) in [6.45, 7) is 1.96. The van der Waals surface area contributed by atoms with Gasteiger partial charge in [0.15, 0.2) is 11.5 Å². The first-order valence-corrected chi connectivity index (χ1v) is 11.4. The van der Waals surface area contributed by atoms with Crippen LogP contribution in [0, 0.1) is 6.92 Å². The van der Waals surface area contributed by atoms with Gasteiger partial charge in [0.05, 0.1) is 24.4 Å². The number of benzene rings is 2. The van der Waals surface area contributed by atoms with E-state index in [2.05, 4.69) is 4.98 Å². The minimum absolute atomic E-state index is 0.0129. The van der Waals surface area contributed by atoms with E-state index >= 15 is 0 Å². The van der Waals surface area contributed by atoms with Crippen LogP contribution in [0.25, 0.3) is 21.9 Å². The number of rotatable bonds is 5. The van der Waals surface area contributed by atoms with E-state index < -0.39 is 23.5 Å². The van der Waals surface area contributed by atoms with Crippen molar-refractivity contribution >= 4 is 45.2 Å². The molecule has 3 aromatic heterocycles. The van der Waals surface area contributed by atoms with Gasteiger partial charge >= 0.3 is 0 Å². The monoisotopic (exact) mass is 486 g/mol. The first kappa shape index (κ1) is 21.3. The number of aromatic nitrogens is 1. The van der Waals surface area contributed by atoms with E-state index in [1.54, 1.807) is 36.4 Å². The molecule has 0 bridgehead atoms. The molecule has 2 aromatic carbocycles. The number of carbonyl (C=O) groups is 2. The van der Waals surface area contributed by atoms with E-state index in [-0.39, 0.29) is 17.9 Å². The van der Waals surface area contributed by atoms with Gasteiger partial charge in [0, 0.05) is 32.6 Å². The molecular weight excluding hydrogens is 468 g/mol. The van der Waals surface area contributed by atoms with Gasteiger partial charge in [-0.1, -0.05) is 29.8 Å². The molecule has 1 atom stereocenters. The number of carbonyl (C=O) groups excluding carboxylic acids is 2. The van der Waals surface area contributed by atoms with E-state index in [1.165, 1.54) is 11.2 Å². The van der Waals surface area contributed by atoms with E-state index in [4.69, 9.17) is 20.4 Å². The lowest BCUT2D eigenvalue weighted by Crippen LogP contribution is -2.30. The molecule has 1 amide bonds. The number of fused-ring (bicyclic) bond motifs is 2. The molecule has 1 aliphatic heterocycles. The van der Waals surface area contributed by atoms with Gasteiger partial charge < -0.3 is 23.8 Å². The van der Waals surface area contributed by atoms with Crippen LogP contribution in [0.4, 0.5) is 0 Å². The summed E-state index contributed by atoms with van der Waals surface area (Å²) < 4.78 is 11.3. The van der Waals surface area contributed by atoms with Crippen LogP contribution in [0.2, 0.25) is 5.02 Å². The third-order valence-electron chi connectivity index (χ3n) is 6.37. The van der Waals surface area contributed by atoms with Crippen LogP contribution in [0.3, 0.4) is 0 Å². The Hall–Kier alpha value is -4.23. The van der Waals surface area contributed by atoms with Crippen molar-refractivity contribution in [1.29, 1.82) is 0 Å². The molecule has 0 saturated carbocycles. The number of nitrogens with zero attached hydrogens (tertiary/aromatic N) is 1. The number of nitrogens with one attached hydrogen (secondary N) is 1. The molecule has 0 fully saturated rings. The fourth-order valence-electron chi connectivity index (χ4n) is 4.83. The summed E-state index contributed by atoms with van der Waals surface area (Å²) >= 11 is 6.09. The Morgan fingerprint density at radius 3 is 2.77 bits per heavy atom. The highest BCUT2D eigenvalue weighted by atomic mass is 35.5. The molecule has 2 N–H and O–H groups in total. The molecule has 0 radical (unpaired) electrons. The summed E-state index contributed by atoms with van der Waals surface area (Å²) in [6.07, 6.45) is 1.51. The van der Waals surface area contributed by atoms with Gasteiger partial charge in [0.2, 0.25) is 5.78 Å². The lowest BCUT2D eigenvalue weighted by Gasteiger charge is -2.26. The van der Waals surface area contributed by atoms with E-state index in [1.807, 2.05) is 31.2 Å². The fourth-order valence-corrected chi connectivity index (χ4v) is 5.01. The number of ketones is 1. The number of para-hydroxylation sites is 1. The average Bonchev–Trinajstić information content (AvgIpc) is 3.61. The normalized spacial score (nSPS) is 16.2. The summed E-state index contributed by atoms with van der Waals surface area (Å²) in [7, 11) is 0. The summed E-state index contributed by atoms with van der Waals surface area (Å²) in [4.78, 5) is 31.9. The van der Waals surface area contributed by atoms with E-state index in [0.29, 0.717) is 21.8 Å². The van der Waals surface area contributed by atoms with Crippen molar-refractivity contribution in [3.8, 4) is 0 Å². The minimum atomic E-state index is -0.854. The molecule has 174 valence electrons. The van der Waals surface area contributed by atoms with Crippen LogP contribution in [-0.2, 0) is 11.3 Å². The molecule has 1 unspecified atom stereocenters. The predicted octanol–water partition coefficient (Wildman–Crippen LogP) is 6.25. The number of H-pyrrole nitrogens is 1. The van der Waals surface area contributed by atoms with Crippen molar-refractivity contribution in [3.63, 3.8) is 0 Å². The van der Waals surface area contributed by atoms with Gasteiger partial charge in [0.1, 0.15) is 11.3 Å². The number of furan rings is 2. The van der Waals surface area contributed by atoms with Crippen LogP contribution in [0.15, 0.2) is 87.1 Å². The Kier molecular flexibility index (Phi) is 4.82. The Morgan fingerprint density at radius 2 is 1.97 bits per heavy atom. The molecular formula is C27H19ClN2O5. The second-order valence-electron chi connectivity index (χ2n) is 8.51. The molecule has 7 nitrogen and oxygen atoms in total. The Balaban J connectivity index is 1.53. The quantitative estimate of drug-likeness (QED) is 0.286. The van der Waals surface area contributed by atoms with Crippen LogP contribution in [0.5, 0.6) is 0 Å². The van der Waals surface area contributed by atoms with E-state index in [0.717, 1.165) is 22.2 Å². The number of Topliss-reactive ketones (excluding diaryl/α,β-unsaturated/α-hetero) is 1. The van der Waals surface area contributed by atoms with Gasteiger partial charge in [-0.15, -0.1) is 0 Å². The maximum Gasteiger partial charge on any atom is 0.290 e. The summed E-state index contributed by atoms with van der Waals surface area (Å²) in [5.74, 6) is -1.28. The van der Waals surface area contributed by atoms with Crippen LogP contribution >= 0.6 is 11.6 Å². The highest BCUT2D eigenvalue weighted by Crippen LogP contribution is 2.44. The second kappa shape index (κ2) is 7.92. The zero-order chi connectivity index (χ0) is 24.3. The zero-order valence-corrected chi connectivity index (χ0v) is 19.3. The Morgan fingerprint density at radius 1 is 1.14 bits per heavy atom. The highest BCUT2D eigenvalue weighted by molar-refractivity contribution is 6.31. The number of halogens is 1. The number of hydrogen-bond acceptors (Lipinski definition) is 5. The smallest absolute Gasteiger partial charge is 0.290 e. The van der Waals surface area contributed by atoms with Gasteiger partial charge in [-0.2, -0.15) is 0 Å². The first-order chi connectivity index (χ1) is 16.9. The van der Waals surface area contributed by atoms with Crippen molar-refractivity contribution in [2.24, 2.45) is 0 Å². The average molecular weight is 487 g/mol. The van der Waals surface area contributed by atoms with Crippen molar-refractivity contribution in [2.75, 3.05) is 0 Å². The number of hydrogen-bond donors (Lipinski definition) is 2. The summed E-state index contributed by atoms with van der Waals surface area (Å²) in [5.41, 5.74) is 2.81.